The first-order chi connectivity index (χ1) is 16.0. The van der Waals surface area contributed by atoms with Crippen LogP contribution in [-0.2, 0) is 4.74 Å². The number of nitrogens with zero attached hydrogens (tertiary/aromatic N) is 1. The van der Waals surface area contributed by atoms with Crippen molar-refractivity contribution in [3.63, 3.8) is 0 Å². The van der Waals surface area contributed by atoms with E-state index < -0.39 is 0 Å². The molecule has 4 heteroatoms. The molecule has 2 heterocycles. The van der Waals surface area contributed by atoms with E-state index in [1.807, 2.05) is 0 Å². The van der Waals surface area contributed by atoms with Crippen LogP contribution in [0.2, 0.25) is 0 Å². The predicted octanol–water partition coefficient (Wildman–Crippen LogP) is 6.65. The quantitative estimate of drug-likeness (QED) is 0.420. The molecule has 0 saturated carbocycles. The van der Waals surface area contributed by atoms with Crippen molar-refractivity contribution in [3.8, 4) is 0 Å². The third kappa shape index (κ3) is 4.60. The largest absolute Gasteiger partial charge is 0.368 e. The van der Waals surface area contributed by atoms with Gasteiger partial charge in [0.15, 0.2) is 0 Å². The zero-order chi connectivity index (χ0) is 22.9. The second kappa shape index (κ2) is 9.36. The number of rotatable bonds is 6. The molecule has 0 aliphatic carbocycles. The molecule has 0 spiro atoms. The van der Waals surface area contributed by atoms with Crippen molar-refractivity contribution in [2.24, 2.45) is 5.92 Å². The molecule has 2 aliphatic rings. The number of halogens is 2. The van der Waals surface area contributed by atoms with Crippen LogP contribution in [0.4, 0.5) is 8.78 Å². The normalized spacial score (nSPS) is 25.0. The number of benzene rings is 3. The molecular weight excluding hydrogens is 416 g/mol. The van der Waals surface area contributed by atoms with Crippen LogP contribution in [0, 0.1) is 24.5 Å². The van der Waals surface area contributed by atoms with Gasteiger partial charge in [0.25, 0.3) is 0 Å². The average Bonchev–Trinajstić information content (AvgIpc) is 3.06. The molecule has 172 valence electrons. The van der Waals surface area contributed by atoms with Gasteiger partial charge >= 0.3 is 0 Å². The highest BCUT2D eigenvalue weighted by Crippen LogP contribution is 2.47. The van der Waals surface area contributed by atoms with Crippen molar-refractivity contribution in [2.75, 3.05) is 13.7 Å². The molecule has 4 atom stereocenters. The second-order valence-corrected chi connectivity index (χ2v) is 9.70. The van der Waals surface area contributed by atoms with Crippen LogP contribution in [-0.4, -0.2) is 30.6 Å². The van der Waals surface area contributed by atoms with Crippen molar-refractivity contribution in [1.29, 1.82) is 0 Å². The highest BCUT2D eigenvalue weighted by Gasteiger charge is 2.46. The number of hydrogen-bond acceptors (Lipinski definition) is 2. The van der Waals surface area contributed by atoms with Crippen LogP contribution < -0.4 is 0 Å². The van der Waals surface area contributed by atoms with Crippen LogP contribution in [0.25, 0.3) is 0 Å². The average molecular weight is 448 g/mol. The van der Waals surface area contributed by atoms with Gasteiger partial charge in [0.05, 0.1) is 6.61 Å². The summed E-state index contributed by atoms with van der Waals surface area (Å²) in [7, 11) is 2.25. The van der Waals surface area contributed by atoms with Crippen molar-refractivity contribution in [2.45, 2.75) is 50.3 Å². The molecule has 3 unspecified atom stereocenters. The van der Waals surface area contributed by atoms with Gasteiger partial charge < -0.3 is 9.64 Å². The fourth-order valence-corrected chi connectivity index (χ4v) is 5.87. The summed E-state index contributed by atoms with van der Waals surface area (Å²) in [6.07, 6.45) is 3.20. The first-order valence-electron chi connectivity index (χ1n) is 11.9. The zero-order valence-corrected chi connectivity index (χ0v) is 19.3. The van der Waals surface area contributed by atoms with Gasteiger partial charge in [0.1, 0.15) is 17.7 Å². The van der Waals surface area contributed by atoms with Gasteiger partial charge in [-0.15, -0.1) is 0 Å². The lowest BCUT2D eigenvalue weighted by atomic mass is 9.76. The summed E-state index contributed by atoms with van der Waals surface area (Å²) < 4.78 is 33.8. The van der Waals surface area contributed by atoms with E-state index in [2.05, 4.69) is 43.1 Å². The molecule has 5 rings (SSSR count). The maximum Gasteiger partial charge on any atom is 0.123 e. The number of ether oxygens (including phenoxy) is 1. The molecule has 2 bridgehead atoms. The van der Waals surface area contributed by atoms with Crippen molar-refractivity contribution in [1.82, 2.24) is 4.90 Å². The van der Waals surface area contributed by atoms with Gasteiger partial charge in [-0.1, -0.05) is 54.1 Å². The predicted molar refractivity (Wildman–Crippen MR) is 127 cm³/mol. The van der Waals surface area contributed by atoms with Gasteiger partial charge in [-0.25, -0.2) is 8.78 Å². The summed E-state index contributed by atoms with van der Waals surface area (Å²) in [5, 5.41) is 0. The van der Waals surface area contributed by atoms with Crippen LogP contribution in [0.5, 0.6) is 0 Å². The van der Waals surface area contributed by atoms with Gasteiger partial charge in [-0.3, -0.25) is 0 Å². The lowest BCUT2D eigenvalue weighted by Gasteiger charge is -2.43. The topological polar surface area (TPSA) is 12.5 Å². The number of piperidine rings is 1. The molecule has 0 aromatic heterocycles. The van der Waals surface area contributed by atoms with E-state index in [9.17, 15) is 8.78 Å². The third-order valence-electron chi connectivity index (χ3n) is 7.74. The van der Waals surface area contributed by atoms with Crippen molar-refractivity contribution >= 4 is 0 Å². The van der Waals surface area contributed by atoms with Crippen LogP contribution >= 0.6 is 0 Å². The number of aryl methyl sites for hydroxylation is 1. The maximum atomic E-state index is 13.6. The van der Waals surface area contributed by atoms with E-state index in [4.69, 9.17) is 4.74 Å². The molecule has 2 aliphatic heterocycles. The molecule has 2 nitrogen and oxygen atoms in total. The van der Waals surface area contributed by atoms with Gasteiger partial charge in [-0.2, -0.15) is 0 Å². The Morgan fingerprint density at radius 1 is 0.848 bits per heavy atom. The van der Waals surface area contributed by atoms with Crippen molar-refractivity contribution < 1.29 is 13.5 Å². The summed E-state index contributed by atoms with van der Waals surface area (Å²) in [5.74, 6) is 0.255. The summed E-state index contributed by atoms with van der Waals surface area (Å²) in [5.41, 5.74) is 4.42. The first-order valence-corrected chi connectivity index (χ1v) is 11.9. The highest BCUT2D eigenvalue weighted by molar-refractivity contribution is 5.31. The second-order valence-electron chi connectivity index (χ2n) is 9.70. The molecule has 0 amide bonds. The highest BCUT2D eigenvalue weighted by atomic mass is 19.1. The van der Waals surface area contributed by atoms with Crippen LogP contribution in [0.15, 0.2) is 72.8 Å². The fourth-order valence-electron chi connectivity index (χ4n) is 5.87. The molecule has 0 radical (unpaired) electrons. The van der Waals surface area contributed by atoms with Crippen LogP contribution in [0.1, 0.15) is 53.5 Å². The summed E-state index contributed by atoms with van der Waals surface area (Å²) in [6, 6.07) is 22.9. The Morgan fingerprint density at radius 2 is 1.42 bits per heavy atom. The maximum absolute atomic E-state index is 13.6. The van der Waals surface area contributed by atoms with E-state index in [0.29, 0.717) is 30.5 Å². The Kier molecular flexibility index (Phi) is 6.31. The van der Waals surface area contributed by atoms with E-state index in [1.165, 1.54) is 48.2 Å². The number of hydrogen-bond donors (Lipinski definition) is 0. The van der Waals surface area contributed by atoms with Gasteiger partial charge in [0.2, 0.25) is 0 Å². The van der Waals surface area contributed by atoms with E-state index >= 15 is 0 Å². The minimum Gasteiger partial charge on any atom is -0.368 e. The van der Waals surface area contributed by atoms with E-state index in [-0.39, 0.29) is 17.7 Å². The Morgan fingerprint density at radius 3 is 2.00 bits per heavy atom. The van der Waals surface area contributed by atoms with E-state index in [1.54, 1.807) is 24.3 Å². The molecule has 3 aromatic rings. The SMILES string of the molecule is Cc1ccc(C2CC3CCC([C@@H]2COC(c2ccc(F)cc2)c2ccc(F)cc2)N3C)cc1. The smallest absolute Gasteiger partial charge is 0.123 e. The van der Waals surface area contributed by atoms with Gasteiger partial charge in [-0.05, 0) is 80.1 Å². The molecule has 2 saturated heterocycles. The fraction of sp³-hybridized carbons (Fsp3) is 0.379. The minimum atomic E-state index is -0.366. The Labute approximate surface area is 195 Å². The summed E-state index contributed by atoms with van der Waals surface area (Å²) in [4.78, 5) is 2.55. The standard InChI is InChI=1S/C29H31F2NO/c1-19-3-5-20(6-4-19)26-17-25-15-16-28(32(25)2)27(26)18-33-29(21-7-11-23(30)12-8-21)22-9-13-24(31)14-10-22/h3-14,25-29H,15-18H2,1-2H3/t25?,26?,27-,28?/m1/s1. The zero-order valence-electron chi connectivity index (χ0n) is 19.3. The summed E-state index contributed by atoms with van der Waals surface area (Å²) in [6.45, 7) is 2.72. The molecule has 3 aromatic carbocycles. The Balaban J connectivity index is 1.44. The first kappa shape index (κ1) is 22.2. The van der Waals surface area contributed by atoms with Gasteiger partial charge in [0, 0.05) is 18.0 Å². The lowest BCUT2D eigenvalue weighted by molar-refractivity contribution is -0.00339. The van der Waals surface area contributed by atoms with E-state index in [0.717, 1.165) is 17.5 Å². The Bertz CT molecular complexity index is 1020. The molecular formula is C29H31F2NO. The molecule has 33 heavy (non-hydrogen) atoms. The van der Waals surface area contributed by atoms with Crippen molar-refractivity contribution in [3.05, 3.63) is 107 Å². The molecule has 0 N–H and O–H groups in total. The lowest BCUT2D eigenvalue weighted by Crippen LogP contribution is -2.47. The monoisotopic (exact) mass is 447 g/mol. The minimum absolute atomic E-state index is 0.276. The number of fused-ring (bicyclic) bond motifs is 2. The molecule has 2 fully saturated rings. The third-order valence-corrected chi connectivity index (χ3v) is 7.74. The summed E-state index contributed by atoms with van der Waals surface area (Å²) >= 11 is 0. The Hall–Kier alpha value is -2.56. The van der Waals surface area contributed by atoms with Crippen LogP contribution in [0.3, 0.4) is 0 Å².